The summed E-state index contributed by atoms with van der Waals surface area (Å²) in [5, 5.41) is 0. The summed E-state index contributed by atoms with van der Waals surface area (Å²) in [6.45, 7) is 8.96. The summed E-state index contributed by atoms with van der Waals surface area (Å²) in [5.41, 5.74) is 6.62. The first-order valence-corrected chi connectivity index (χ1v) is 9.49. The van der Waals surface area contributed by atoms with Gasteiger partial charge in [-0.05, 0) is 34.7 Å². The van der Waals surface area contributed by atoms with Crippen molar-refractivity contribution in [1.29, 1.82) is 0 Å². The molecule has 0 amide bonds. The van der Waals surface area contributed by atoms with Gasteiger partial charge in [0.05, 0.1) is 0 Å². The zero-order valence-corrected chi connectivity index (χ0v) is 16.4. The molecule has 0 aliphatic carbocycles. The van der Waals surface area contributed by atoms with Crippen LogP contribution >= 0.6 is 0 Å². The van der Waals surface area contributed by atoms with Crippen LogP contribution in [0.3, 0.4) is 0 Å². The van der Waals surface area contributed by atoms with Gasteiger partial charge in [0.1, 0.15) is 5.52 Å². The van der Waals surface area contributed by atoms with Crippen molar-refractivity contribution in [2.45, 2.75) is 39.0 Å². The third-order valence-corrected chi connectivity index (χ3v) is 5.17. The van der Waals surface area contributed by atoms with E-state index in [2.05, 4.69) is 70.2 Å². The van der Waals surface area contributed by atoms with Crippen molar-refractivity contribution in [1.82, 2.24) is 4.98 Å². The van der Waals surface area contributed by atoms with E-state index >= 15 is 0 Å². The van der Waals surface area contributed by atoms with E-state index in [0.29, 0.717) is 5.89 Å². The van der Waals surface area contributed by atoms with Crippen molar-refractivity contribution < 1.29 is 4.42 Å². The van der Waals surface area contributed by atoms with E-state index in [1.54, 1.807) is 0 Å². The molecule has 1 unspecified atom stereocenters. The molecule has 4 aromatic rings. The molecule has 0 bridgehead atoms. The molecule has 0 fully saturated rings. The van der Waals surface area contributed by atoms with Crippen molar-refractivity contribution in [3.8, 4) is 11.5 Å². The first-order valence-electron chi connectivity index (χ1n) is 9.49. The van der Waals surface area contributed by atoms with Gasteiger partial charge < -0.3 is 4.42 Å². The topological polar surface area (TPSA) is 26.0 Å². The van der Waals surface area contributed by atoms with Gasteiger partial charge in [-0.3, -0.25) is 0 Å². The molecule has 0 spiro atoms. The van der Waals surface area contributed by atoms with Gasteiger partial charge in [-0.15, -0.1) is 0 Å². The smallest absolute Gasteiger partial charge is 0.227 e. The number of nitrogens with zero attached hydrogens (tertiary/aromatic N) is 1. The first kappa shape index (κ1) is 17.5. The van der Waals surface area contributed by atoms with E-state index in [-0.39, 0.29) is 11.3 Å². The third kappa shape index (κ3) is 3.40. The highest BCUT2D eigenvalue weighted by molar-refractivity contribution is 5.81. The maximum absolute atomic E-state index is 6.28. The Labute approximate surface area is 160 Å². The molecule has 0 saturated carbocycles. The second-order valence-electron chi connectivity index (χ2n) is 8.18. The molecule has 2 nitrogen and oxygen atoms in total. The highest BCUT2D eigenvalue weighted by Crippen LogP contribution is 2.37. The van der Waals surface area contributed by atoms with Crippen LogP contribution in [-0.2, 0) is 5.41 Å². The summed E-state index contributed by atoms with van der Waals surface area (Å²) < 4.78 is 6.28. The molecule has 1 heterocycles. The van der Waals surface area contributed by atoms with Gasteiger partial charge in [-0.1, -0.05) is 82.3 Å². The second kappa shape index (κ2) is 6.70. The molecule has 0 aliphatic heterocycles. The molecular weight excluding hydrogens is 331 g/mol. The molecule has 0 radical (unpaired) electrons. The van der Waals surface area contributed by atoms with E-state index in [1.807, 2.05) is 30.3 Å². The lowest BCUT2D eigenvalue weighted by atomic mass is 9.83. The highest BCUT2D eigenvalue weighted by Gasteiger charge is 2.22. The van der Waals surface area contributed by atoms with Gasteiger partial charge in [0.15, 0.2) is 5.58 Å². The minimum Gasteiger partial charge on any atom is -0.436 e. The van der Waals surface area contributed by atoms with Crippen LogP contribution in [0.5, 0.6) is 0 Å². The molecule has 3 aromatic carbocycles. The van der Waals surface area contributed by atoms with E-state index in [1.165, 1.54) is 16.7 Å². The van der Waals surface area contributed by atoms with E-state index in [0.717, 1.165) is 16.7 Å². The average molecular weight is 356 g/mol. The van der Waals surface area contributed by atoms with Crippen molar-refractivity contribution >= 4 is 11.1 Å². The Morgan fingerprint density at radius 1 is 0.852 bits per heavy atom. The van der Waals surface area contributed by atoms with Gasteiger partial charge >= 0.3 is 0 Å². The van der Waals surface area contributed by atoms with Gasteiger partial charge in [0, 0.05) is 17.0 Å². The van der Waals surface area contributed by atoms with Gasteiger partial charge in [-0.2, -0.15) is 0 Å². The summed E-state index contributed by atoms with van der Waals surface area (Å²) in [6.07, 6.45) is 0. The van der Waals surface area contributed by atoms with Gasteiger partial charge in [-0.25, -0.2) is 4.98 Å². The molecule has 1 aromatic heterocycles. The Hall–Kier alpha value is -2.87. The Balaban J connectivity index is 1.93. The van der Waals surface area contributed by atoms with Crippen molar-refractivity contribution in [3.05, 3.63) is 89.5 Å². The van der Waals surface area contributed by atoms with Crippen LogP contribution in [0.1, 0.15) is 50.3 Å². The molecular formula is C25H25NO. The number of hydrogen-bond acceptors (Lipinski definition) is 2. The number of fused-ring (bicyclic) bond motifs is 1. The SMILES string of the molecule is CC(c1ccccc1)c1cc(C(C)(C)C)cc2n[13c](-c3ccccc3)oc12. The molecule has 27 heavy (non-hydrogen) atoms. The van der Waals surface area contributed by atoms with Crippen LogP contribution in [0.2, 0.25) is 0 Å². The molecule has 136 valence electrons. The largest absolute Gasteiger partial charge is 0.436 e. The predicted octanol–water partition coefficient (Wildman–Crippen LogP) is 6.94. The van der Waals surface area contributed by atoms with Crippen molar-refractivity contribution in [2.24, 2.45) is 0 Å². The number of rotatable bonds is 3. The Kier molecular flexibility index (Phi) is 4.35. The lowest BCUT2D eigenvalue weighted by molar-refractivity contribution is 0.587. The minimum absolute atomic E-state index is 0.0468. The Morgan fingerprint density at radius 2 is 1.48 bits per heavy atom. The zero-order chi connectivity index (χ0) is 19.0. The molecule has 4 rings (SSSR count). The van der Waals surface area contributed by atoms with Crippen molar-refractivity contribution in [3.63, 3.8) is 0 Å². The van der Waals surface area contributed by atoms with Crippen LogP contribution in [0, 0.1) is 0 Å². The maximum atomic E-state index is 6.28. The summed E-state index contributed by atoms with van der Waals surface area (Å²) in [6, 6.07) is 25.2. The number of aromatic nitrogens is 1. The first-order chi connectivity index (χ1) is 12.9. The van der Waals surface area contributed by atoms with Crippen molar-refractivity contribution in [2.75, 3.05) is 0 Å². The normalized spacial score (nSPS) is 13.0. The van der Waals surface area contributed by atoms with E-state index in [4.69, 9.17) is 9.40 Å². The van der Waals surface area contributed by atoms with Crippen LogP contribution < -0.4 is 0 Å². The predicted molar refractivity (Wildman–Crippen MR) is 112 cm³/mol. The summed E-state index contributed by atoms with van der Waals surface area (Å²) in [5.74, 6) is 0.908. The monoisotopic (exact) mass is 356 g/mol. The standard InChI is InChI=1S/C25H25NO/c1-17(18-11-7-5-8-12-18)21-15-20(25(2,3)4)16-22-23(21)27-24(26-22)19-13-9-6-10-14-19/h5-17H,1-4H3/i24+1. The average Bonchev–Trinajstić information content (AvgIpc) is 3.11. The van der Waals surface area contributed by atoms with Crippen LogP contribution in [0.15, 0.2) is 77.2 Å². The maximum Gasteiger partial charge on any atom is 0.227 e. The summed E-state index contributed by atoms with van der Waals surface area (Å²) in [4.78, 5) is 4.83. The molecule has 1 atom stereocenters. The summed E-state index contributed by atoms with van der Waals surface area (Å²) in [7, 11) is 0. The van der Waals surface area contributed by atoms with Crippen LogP contribution in [-0.4, -0.2) is 4.98 Å². The molecule has 0 saturated heterocycles. The number of benzene rings is 3. The summed E-state index contributed by atoms with van der Waals surface area (Å²) >= 11 is 0. The number of hydrogen-bond donors (Lipinski definition) is 0. The lowest BCUT2D eigenvalue weighted by Crippen LogP contribution is -2.12. The van der Waals surface area contributed by atoms with Gasteiger partial charge in [0.2, 0.25) is 5.89 Å². The van der Waals surface area contributed by atoms with Crippen LogP contribution in [0.4, 0.5) is 0 Å². The second-order valence-corrected chi connectivity index (χ2v) is 8.18. The van der Waals surface area contributed by atoms with Gasteiger partial charge in [0.25, 0.3) is 0 Å². The quantitative estimate of drug-likeness (QED) is 0.397. The zero-order valence-electron chi connectivity index (χ0n) is 16.4. The fourth-order valence-electron chi connectivity index (χ4n) is 3.44. The van der Waals surface area contributed by atoms with E-state index in [9.17, 15) is 0 Å². The third-order valence-electron chi connectivity index (χ3n) is 5.17. The fourth-order valence-corrected chi connectivity index (χ4v) is 3.44. The Morgan fingerprint density at radius 3 is 2.11 bits per heavy atom. The highest BCUT2D eigenvalue weighted by atomic mass is 16.4. The fraction of sp³-hybridized carbons (Fsp3) is 0.240. The Bertz CT molecular complexity index is 1060. The number of oxazole rings is 1. The minimum atomic E-state index is 0.0468. The lowest BCUT2D eigenvalue weighted by Gasteiger charge is -2.22. The van der Waals surface area contributed by atoms with Crippen LogP contribution in [0.25, 0.3) is 22.6 Å². The molecule has 0 aliphatic rings. The van der Waals surface area contributed by atoms with E-state index < -0.39 is 0 Å². The molecule has 0 N–H and O–H groups in total. The molecule has 2 heteroatoms.